The van der Waals surface area contributed by atoms with Crippen LogP contribution in [0, 0.1) is 0 Å². The number of hydrogen-bond acceptors (Lipinski definition) is 6. The summed E-state index contributed by atoms with van der Waals surface area (Å²) in [6, 6.07) is 0. The summed E-state index contributed by atoms with van der Waals surface area (Å²) in [5, 5.41) is 0. The Hall–Kier alpha value is -2.89. The molecule has 0 aliphatic carbocycles. The van der Waals surface area contributed by atoms with Gasteiger partial charge < -0.3 is 14.2 Å². The first-order valence-electron chi connectivity index (χ1n) is 27.8. The van der Waals surface area contributed by atoms with E-state index in [2.05, 4.69) is 81.5 Å². The molecule has 0 amide bonds. The molecule has 0 saturated carbocycles. The third kappa shape index (κ3) is 51.9. The molecule has 0 radical (unpaired) electrons. The Morgan fingerprint density at radius 2 is 0.600 bits per heavy atom. The first kappa shape index (κ1) is 62.1. The van der Waals surface area contributed by atoms with E-state index in [1.165, 1.54) is 128 Å². The average molecular weight is 909 g/mol. The fourth-order valence-electron chi connectivity index (χ4n) is 7.84. The number of carbonyl (C=O) groups is 3. The molecule has 0 bridgehead atoms. The number of hydrogen-bond donors (Lipinski definition) is 0. The molecule has 6 heteroatoms. The zero-order valence-corrected chi connectivity index (χ0v) is 43.0. The molecule has 0 aliphatic heterocycles. The first-order chi connectivity index (χ1) is 32.0. The molecule has 6 nitrogen and oxygen atoms in total. The second kappa shape index (κ2) is 53.7. The lowest BCUT2D eigenvalue weighted by Crippen LogP contribution is -2.30. The maximum atomic E-state index is 12.8. The predicted octanol–water partition coefficient (Wildman–Crippen LogP) is 18.4. The molecular formula is C59H104O6. The molecule has 0 unspecified atom stereocenters. The van der Waals surface area contributed by atoms with E-state index < -0.39 is 6.10 Å². The topological polar surface area (TPSA) is 78.9 Å². The molecule has 0 saturated heterocycles. The van der Waals surface area contributed by atoms with Gasteiger partial charge in [0.1, 0.15) is 13.2 Å². The van der Waals surface area contributed by atoms with Gasteiger partial charge in [-0.15, -0.1) is 0 Å². The highest BCUT2D eigenvalue weighted by atomic mass is 16.6. The van der Waals surface area contributed by atoms with Crippen LogP contribution in [0.2, 0.25) is 0 Å². The van der Waals surface area contributed by atoms with Crippen LogP contribution in [-0.2, 0) is 28.6 Å². The molecule has 0 fully saturated rings. The minimum Gasteiger partial charge on any atom is -0.462 e. The van der Waals surface area contributed by atoms with E-state index in [0.717, 1.165) is 109 Å². The van der Waals surface area contributed by atoms with Crippen molar-refractivity contribution >= 4 is 17.9 Å². The Morgan fingerprint density at radius 3 is 0.969 bits per heavy atom. The molecule has 0 N–H and O–H groups in total. The molecular weight excluding hydrogens is 805 g/mol. The maximum absolute atomic E-state index is 12.8. The van der Waals surface area contributed by atoms with Gasteiger partial charge in [-0.05, 0) is 83.5 Å². The monoisotopic (exact) mass is 909 g/mol. The fourth-order valence-corrected chi connectivity index (χ4v) is 7.84. The van der Waals surface area contributed by atoms with Crippen molar-refractivity contribution in [1.82, 2.24) is 0 Å². The van der Waals surface area contributed by atoms with Crippen LogP contribution >= 0.6 is 0 Å². The Bertz CT molecular complexity index is 1180. The highest BCUT2D eigenvalue weighted by molar-refractivity contribution is 5.71. The Morgan fingerprint density at radius 1 is 0.323 bits per heavy atom. The maximum Gasteiger partial charge on any atom is 0.306 e. The summed E-state index contributed by atoms with van der Waals surface area (Å²) in [6.45, 7) is 6.50. The van der Waals surface area contributed by atoms with Crippen LogP contribution < -0.4 is 0 Å². The van der Waals surface area contributed by atoms with E-state index >= 15 is 0 Å². The van der Waals surface area contributed by atoms with Crippen LogP contribution in [0.5, 0.6) is 0 Å². The van der Waals surface area contributed by atoms with E-state index in [4.69, 9.17) is 14.2 Å². The van der Waals surface area contributed by atoms with Gasteiger partial charge in [0.05, 0.1) is 0 Å². The van der Waals surface area contributed by atoms with Gasteiger partial charge >= 0.3 is 17.9 Å². The highest BCUT2D eigenvalue weighted by Gasteiger charge is 2.19. The van der Waals surface area contributed by atoms with Crippen molar-refractivity contribution < 1.29 is 28.6 Å². The summed E-state index contributed by atoms with van der Waals surface area (Å²) in [5.74, 6) is -0.896. The average Bonchev–Trinajstić information content (AvgIpc) is 3.30. The van der Waals surface area contributed by atoms with E-state index in [1.54, 1.807) is 0 Å². The normalized spacial score (nSPS) is 12.5. The molecule has 0 heterocycles. The van der Waals surface area contributed by atoms with Crippen LogP contribution in [0.25, 0.3) is 0 Å². The molecule has 376 valence electrons. The minimum absolute atomic E-state index is 0.0808. The summed E-state index contributed by atoms with van der Waals surface area (Å²) in [6.07, 6.45) is 66.3. The predicted molar refractivity (Wildman–Crippen MR) is 279 cm³/mol. The summed E-state index contributed by atoms with van der Waals surface area (Å²) in [4.78, 5) is 38.1. The second-order valence-electron chi connectivity index (χ2n) is 18.5. The number of esters is 3. The Labute approximate surface area is 402 Å². The van der Waals surface area contributed by atoms with Gasteiger partial charge in [0.25, 0.3) is 0 Å². The Kier molecular flexibility index (Phi) is 51.3. The molecule has 0 aromatic carbocycles. The van der Waals surface area contributed by atoms with E-state index in [1.807, 2.05) is 0 Å². The lowest BCUT2D eigenvalue weighted by Gasteiger charge is -2.18. The van der Waals surface area contributed by atoms with Gasteiger partial charge in [-0.3, -0.25) is 14.4 Å². The number of allylic oxidation sites excluding steroid dienone is 10. The van der Waals surface area contributed by atoms with Gasteiger partial charge in [-0.1, -0.05) is 236 Å². The largest absolute Gasteiger partial charge is 0.462 e. The zero-order chi connectivity index (χ0) is 47.2. The zero-order valence-electron chi connectivity index (χ0n) is 43.0. The lowest BCUT2D eigenvalue weighted by molar-refractivity contribution is -0.167. The summed E-state index contributed by atoms with van der Waals surface area (Å²) < 4.78 is 16.8. The molecule has 65 heavy (non-hydrogen) atoms. The second-order valence-corrected chi connectivity index (χ2v) is 18.5. The van der Waals surface area contributed by atoms with Crippen LogP contribution in [0.15, 0.2) is 60.8 Å². The van der Waals surface area contributed by atoms with Gasteiger partial charge in [-0.25, -0.2) is 0 Å². The van der Waals surface area contributed by atoms with Crippen molar-refractivity contribution in [2.24, 2.45) is 0 Å². The van der Waals surface area contributed by atoms with Crippen molar-refractivity contribution in [3.8, 4) is 0 Å². The molecule has 0 spiro atoms. The number of ether oxygens (including phenoxy) is 3. The van der Waals surface area contributed by atoms with Crippen molar-refractivity contribution in [2.75, 3.05) is 13.2 Å². The Balaban J connectivity index is 4.40. The van der Waals surface area contributed by atoms with Crippen molar-refractivity contribution in [1.29, 1.82) is 0 Å². The van der Waals surface area contributed by atoms with Gasteiger partial charge in [0.2, 0.25) is 0 Å². The van der Waals surface area contributed by atoms with Crippen LogP contribution in [0.3, 0.4) is 0 Å². The van der Waals surface area contributed by atoms with Gasteiger partial charge in [-0.2, -0.15) is 0 Å². The molecule has 0 aromatic heterocycles. The standard InChI is InChI=1S/C59H104O6/c1-4-7-10-13-16-19-22-25-28-29-32-35-38-41-44-47-50-53-59(62)65-56(54-63-57(60)51-48-45-42-39-36-33-30-26-23-20-17-14-11-8-5-2)55-64-58(61)52-49-46-43-40-37-34-31-27-24-21-18-15-12-9-6-3/h8,11,16-17,19-20,25-26,28,30,56H,4-7,9-10,12-15,18,21-24,27,29,31-55H2,1-3H3/b11-8-,19-16-,20-17-,28-25-,30-26-/t56-/m1/s1. The van der Waals surface area contributed by atoms with Crippen LogP contribution in [0.1, 0.15) is 278 Å². The number of carbonyl (C=O) groups excluding carboxylic acids is 3. The van der Waals surface area contributed by atoms with E-state index in [0.29, 0.717) is 19.3 Å². The summed E-state index contributed by atoms with van der Waals surface area (Å²) >= 11 is 0. The summed E-state index contributed by atoms with van der Waals surface area (Å²) in [7, 11) is 0. The van der Waals surface area contributed by atoms with Gasteiger partial charge in [0.15, 0.2) is 6.10 Å². The molecule has 0 rings (SSSR count). The first-order valence-corrected chi connectivity index (χ1v) is 27.8. The molecule has 0 aliphatic rings. The van der Waals surface area contributed by atoms with Crippen LogP contribution in [0.4, 0.5) is 0 Å². The fraction of sp³-hybridized carbons (Fsp3) is 0.780. The van der Waals surface area contributed by atoms with Crippen molar-refractivity contribution in [2.45, 2.75) is 284 Å². The SMILES string of the molecule is CC/C=C\C/C=C\C/C=C\CCCCCCCC(=O)OC[C@H](COC(=O)CCCCCCCCCCCCCCCCC)OC(=O)CCCCCCCCC/C=C\C/C=C\CCCCC. The summed E-state index contributed by atoms with van der Waals surface area (Å²) in [5.41, 5.74) is 0. The van der Waals surface area contributed by atoms with Crippen molar-refractivity contribution in [3.05, 3.63) is 60.8 Å². The number of unbranched alkanes of at least 4 members (excludes halogenated alkanes) is 29. The van der Waals surface area contributed by atoms with Gasteiger partial charge in [0, 0.05) is 19.3 Å². The highest BCUT2D eigenvalue weighted by Crippen LogP contribution is 2.16. The number of rotatable bonds is 50. The third-order valence-electron chi connectivity index (χ3n) is 12.0. The van der Waals surface area contributed by atoms with E-state index in [-0.39, 0.29) is 31.1 Å². The smallest absolute Gasteiger partial charge is 0.306 e. The third-order valence-corrected chi connectivity index (χ3v) is 12.0. The van der Waals surface area contributed by atoms with Crippen LogP contribution in [-0.4, -0.2) is 37.2 Å². The van der Waals surface area contributed by atoms with E-state index in [9.17, 15) is 14.4 Å². The molecule has 0 aromatic rings. The molecule has 1 atom stereocenters. The lowest BCUT2D eigenvalue weighted by atomic mass is 10.0. The van der Waals surface area contributed by atoms with Crippen molar-refractivity contribution in [3.63, 3.8) is 0 Å². The quantitative estimate of drug-likeness (QED) is 0.0262. The minimum atomic E-state index is -0.784.